The standard InChI is InChI=1S/C27H34N4O3/c1-18(20-9-5-3-6-10-20)15-24(32)31-25(27(34)30(2)21-11-7-4-8-12-21)22(26(31)33)16-19-13-14-29-23(28)17-19/h4,7-8,11-14,17-18,20,22,25H,3,5-6,9-10,15-16H2,1-2H3,(H2,28,29)/t18-,22+,25-/m0/s1. The van der Waals surface area contributed by atoms with Crippen molar-refractivity contribution < 1.29 is 14.4 Å². The van der Waals surface area contributed by atoms with Crippen LogP contribution in [-0.4, -0.2) is 40.7 Å². The summed E-state index contributed by atoms with van der Waals surface area (Å²) in [5, 5.41) is 0. The molecule has 2 fully saturated rings. The van der Waals surface area contributed by atoms with Crippen LogP contribution in [0.1, 0.15) is 51.0 Å². The van der Waals surface area contributed by atoms with Gasteiger partial charge >= 0.3 is 0 Å². The molecule has 2 aliphatic rings. The van der Waals surface area contributed by atoms with Gasteiger partial charge in [-0.15, -0.1) is 0 Å². The fourth-order valence-electron chi connectivity index (χ4n) is 5.40. The number of amides is 3. The summed E-state index contributed by atoms with van der Waals surface area (Å²) < 4.78 is 0. The number of hydrogen-bond donors (Lipinski definition) is 1. The van der Waals surface area contributed by atoms with Crippen LogP contribution in [0.2, 0.25) is 0 Å². The zero-order valence-electron chi connectivity index (χ0n) is 20.0. The molecular formula is C27H34N4O3. The van der Waals surface area contributed by atoms with Gasteiger partial charge in [0.2, 0.25) is 11.8 Å². The van der Waals surface area contributed by atoms with Crippen LogP contribution in [0.25, 0.3) is 0 Å². The molecule has 0 unspecified atom stereocenters. The lowest BCUT2D eigenvalue weighted by Crippen LogP contribution is -2.69. The van der Waals surface area contributed by atoms with Crippen LogP contribution in [0, 0.1) is 17.8 Å². The number of hydrogen-bond acceptors (Lipinski definition) is 5. The summed E-state index contributed by atoms with van der Waals surface area (Å²) in [5.74, 6) is -0.314. The predicted molar refractivity (Wildman–Crippen MR) is 132 cm³/mol. The predicted octanol–water partition coefficient (Wildman–Crippen LogP) is 3.83. The number of aromatic nitrogens is 1. The summed E-state index contributed by atoms with van der Waals surface area (Å²) in [6.07, 6.45) is 8.15. The molecular weight excluding hydrogens is 428 g/mol. The first-order chi connectivity index (χ1) is 16.4. The number of β-lactam (4-membered cyclic amide) rings is 1. The van der Waals surface area contributed by atoms with Gasteiger partial charge in [-0.2, -0.15) is 0 Å². The van der Waals surface area contributed by atoms with Gasteiger partial charge < -0.3 is 10.6 Å². The SMILES string of the molecule is C[C@@H](CC(=O)N1C(=O)[C@H](Cc2ccnc(N)c2)[C@H]1C(=O)N(C)c1ccccc1)C1CCCCC1. The fraction of sp³-hybridized carbons (Fsp3) is 0.481. The van der Waals surface area contributed by atoms with Gasteiger partial charge in [-0.25, -0.2) is 4.98 Å². The Labute approximate surface area is 201 Å². The second kappa shape index (κ2) is 10.4. The molecule has 1 aliphatic heterocycles. The molecule has 180 valence electrons. The number of rotatable bonds is 7. The lowest BCUT2D eigenvalue weighted by Gasteiger charge is -2.46. The number of likely N-dealkylation sites (tertiary alicyclic amines) is 1. The van der Waals surface area contributed by atoms with Crippen LogP contribution >= 0.6 is 0 Å². The summed E-state index contributed by atoms with van der Waals surface area (Å²) in [4.78, 5) is 46.9. The number of carbonyl (C=O) groups excluding carboxylic acids is 3. The summed E-state index contributed by atoms with van der Waals surface area (Å²) in [6.45, 7) is 2.10. The molecule has 1 aromatic carbocycles. The Kier molecular flexibility index (Phi) is 7.29. The molecule has 1 aliphatic carbocycles. The Morgan fingerprint density at radius 1 is 1.15 bits per heavy atom. The van der Waals surface area contributed by atoms with Crippen molar-refractivity contribution >= 4 is 29.2 Å². The van der Waals surface area contributed by atoms with Gasteiger partial charge in [0.1, 0.15) is 11.9 Å². The molecule has 0 radical (unpaired) electrons. The van der Waals surface area contributed by atoms with Gasteiger partial charge in [-0.1, -0.05) is 57.2 Å². The highest BCUT2D eigenvalue weighted by molar-refractivity contribution is 6.12. The second-order valence-corrected chi connectivity index (χ2v) is 9.76. The monoisotopic (exact) mass is 462 g/mol. The van der Waals surface area contributed by atoms with Crippen molar-refractivity contribution in [2.75, 3.05) is 17.7 Å². The number of nitrogens with zero attached hydrogens (tertiary/aromatic N) is 3. The molecule has 3 atom stereocenters. The zero-order chi connectivity index (χ0) is 24.2. The quantitative estimate of drug-likeness (QED) is 0.631. The van der Waals surface area contributed by atoms with Crippen LogP contribution in [0.4, 0.5) is 11.5 Å². The van der Waals surface area contributed by atoms with Gasteiger partial charge in [0.15, 0.2) is 0 Å². The molecule has 7 heteroatoms. The number of benzene rings is 1. The number of para-hydroxylation sites is 1. The lowest BCUT2D eigenvalue weighted by molar-refractivity contribution is -0.170. The third kappa shape index (κ3) is 4.98. The highest BCUT2D eigenvalue weighted by Crippen LogP contribution is 2.36. The first kappa shape index (κ1) is 23.9. The summed E-state index contributed by atoms with van der Waals surface area (Å²) in [7, 11) is 1.69. The van der Waals surface area contributed by atoms with E-state index in [2.05, 4.69) is 11.9 Å². The molecule has 2 N–H and O–H groups in total. The first-order valence-corrected chi connectivity index (χ1v) is 12.3. The van der Waals surface area contributed by atoms with Crippen molar-refractivity contribution in [2.45, 2.75) is 57.9 Å². The van der Waals surface area contributed by atoms with Crippen molar-refractivity contribution in [3.05, 3.63) is 54.2 Å². The Morgan fingerprint density at radius 3 is 2.53 bits per heavy atom. The van der Waals surface area contributed by atoms with Crippen molar-refractivity contribution in [2.24, 2.45) is 17.8 Å². The average Bonchev–Trinajstić information content (AvgIpc) is 2.85. The number of likely N-dealkylation sites (N-methyl/N-ethyl adjacent to an activating group) is 1. The van der Waals surface area contributed by atoms with E-state index >= 15 is 0 Å². The minimum atomic E-state index is -0.821. The van der Waals surface area contributed by atoms with Crippen LogP contribution in [0.5, 0.6) is 0 Å². The Balaban J connectivity index is 1.54. The van der Waals surface area contributed by atoms with E-state index in [4.69, 9.17) is 5.73 Å². The van der Waals surface area contributed by atoms with Crippen LogP contribution < -0.4 is 10.6 Å². The van der Waals surface area contributed by atoms with E-state index < -0.39 is 12.0 Å². The largest absolute Gasteiger partial charge is 0.384 e. The number of imide groups is 1. The third-order valence-corrected chi connectivity index (χ3v) is 7.46. The van der Waals surface area contributed by atoms with E-state index in [1.54, 1.807) is 25.4 Å². The lowest BCUT2D eigenvalue weighted by atomic mass is 9.77. The summed E-state index contributed by atoms with van der Waals surface area (Å²) >= 11 is 0. The Hall–Kier alpha value is -3.22. The molecule has 1 aromatic heterocycles. The Bertz CT molecular complexity index is 1040. The molecule has 0 bridgehead atoms. The number of pyridine rings is 1. The average molecular weight is 463 g/mol. The van der Waals surface area contributed by atoms with E-state index in [9.17, 15) is 14.4 Å². The number of nitrogen functional groups attached to an aromatic ring is 1. The van der Waals surface area contributed by atoms with Crippen LogP contribution in [0.3, 0.4) is 0 Å². The zero-order valence-corrected chi connectivity index (χ0v) is 20.0. The van der Waals surface area contributed by atoms with E-state index in [-0.39, 0.29) is 23.6 Å². The smallest absolute Gasteiger partial charge is 0.250 e. The molecule has 0 spiro atoms. The van der Waals surface area contributed by atoms with Crippen molar-refractivity contribution in [1.29, 1.82) is 0 Å². The van der Waals surface area contributed by atoms with Crippen molar-refractivity contribution in [3.63, 3.8) is 0 Å². The number of anilines is 2. The maximum absolute atomic E-state index is 13.6. The minimum absolute atomic E-state index is 0.197. The molecule has 3 amide bonds. The van der Waals surface area contributed by atoms with Crippen LogP contribution in [0.15, 0.2) is 48.7 Å². The third-order valence-electron chi connectivity index (χ3n) is 7.46. The maximum atomic E-state index is 13.6. The molecule has 1 saturated carbocycles. The van der Waals surface area contributed by atoms with Gasteiger partial charge in [0.25, 0.3) is 5.91 Å². The topological polar surface area (TPSA) is 96.6 Å². The van der Waals surface area contributed by atoms with Gasteiger partial charge in [0.05, 0.1) is 5.92 Å². The van der Waals surface area contributed by atoms with Crippen LogP contribution in [-0.2, 0) is 20.8 Å². The summed E-state index contributed by atoms with van der Waals surface area (Å²) in [5.41, 5.74) is 7.36. The van der Waals surface area contributed by atoms with E-state index in [0.717, 1.165) is 24.1 Å². The minimum Gasteiger partial charge on any atom is -0.384 e. The normalized spacial score (nSPS) is 21.6. The molecule has 2 aromatic rings. The van der Waals surface area contributed by atoms with E-state index in [1.165, 1.54) is 29.1 Å². The second-order valence-electron chi connectivity index (χ2n) is 9.76. The molecule has 7 nitrogen and oxygen atoms in total. The molecule has 2 heterocycles. The summed E-state index contributed by atoms with van der Waals surface area (Å²) in [6, 6.07) is 12.0. The molecule has 34 heavy (non-hydrogen) atoms. The first-order valence-electron chi connectivity index (χ1n) is 12.3. The van der Waals surface area contributed by atoms with Gasteiger partial charge in [-0.3, -0.25) is 19.3 Å². The van der Waals surface area contributed by atoms with E-state index in [0.29, 0.717) is 24.6 Å². The van der Waals surface area contributed by atoms with Crippen molar-refractivity contribution in [3.8, 4) is 0 Å². The fourth-order valence-corrected chi connectivity index (χ4v) is 5.40. The van der Waals surface area contributed by atoms with E-state index in [1.807, 2.05) is 30.3 Å². The van der Waals surface area contributed by atoms with Crippen molar-refractivity contribution in [1.82, 2.24) is 9.88 Å². The molecule has 4 rings (SSSR count). The molecule has 1 saturated heterocycles. The van der Waals surface area contributed by atoms with Gasteiger partial charge in [0, 0.05) is 25.4 Å². The number of carbonyl (C=O) groups is 3. The highest BCUT2D eigenvalue weighted by Gasteiger charge is 2.55. The number of nitrogens with two attached hydrogens (primary N) is 1. The maximum Gasteiger partial charge on any atom is 0.250 e. The Morgan fingerprint density at radius 2 is 1.85 bits per heavy atom. The van der Waals surface area contributed by atoms with Gasteiger partial charge in [-0.05, 0) is 48.1 Å². The highest BCUT2D eigenvalue weighted by atomic mass is 16.2.